The predicted octanol–water partition coefficient (Wildman–Crippen LogP) is 13.4. The standard InChI is InChI=1S/C45H32N2OS/c1-45(2)37-16-8-6-14-33(37)36-26-30(21-24-38(36)45)46(29-12-4-3-5-13-29)31-22-25-40-42(27-31)48-41-18-10-9-17-39(41)47(40)32-20-23-35-34-15-7-11-19-43(34)49-44(35)28-32/h3-28H,1-2H3. The third-order valence-corrected chi connectivity index (χ3v) is 11.4. The summed E-state index contributed by atoms with van der Waals surface area (Å²) in [6.07, 6.45) is 0. The summed E-state index contributed by atoms with van der Waals surface area (Å²) in [5, 5.41) is 2.60. The number of benzene rings is 7. The molecule has 1 aliphatic carbocycles. The van der Waals surface area contributed by atoms with Crippen LogP contribution in [0.2, 0.25) is 0 Å². The van der Waals surface area contributed by atoms with Gasteiger partial charge in [0.05, 0.1) is 11.4 Å². The Kier molecular flexibility index (Phi) is 6.09. The molecule has 1 aliphatic heterocycles. The Morgan fingerprint density at radius 2 is 1.20 bits per heavy atom. The van der Waals surface area contributed by atoms with E-state index in [9.17, 15) is 0 Å². The van der Waals surface area contributed by atoms with Gasteiger partial charge in [0.15, 0.2) is 11.5 Å². The number of nitrogens with zero attached hydrogens (tertiary/aromatic N) is 2. The van der Waals surface area contributed by atoms with Crippen molar-refractivity contribution in [3.63, 3.8) is 0 Å². The Hall–Kier alpha value is -5.84. The van der Waals surface area contributed by atoms with Crippen LogP contribution >= 0.6 is 11.3 Å². The lowest BCUT2D eigenvalue weighted by atomic mass is 9.82. The Morgan fingerprint density at radius 3 is 2.12 bits per heavy atom. The van der Waals surface area contributed by atoms with Gasteiger partial charge in [0.25, 0.3) is 0 Å². The lowest BCUT2D eigenvalue weighted by Crippen LogP contribution is -2.17. The number of fused-ring (bicyclic) bond motifs is 8. The molecule has 0 fully saturated rings. The van der Waals surface area contributed by atoms with Crippen LogP contribution in [-0.2, 0) is 5.41 Å². The molecule has 0 saturated carbocycles. The number of para-hydroxylation sites is 3. The highest BCUT2D eigenvalue weighted by atomic mass is 32.1. The Bertz CT molecular complexity index is 2580. The molecule has 8 aromatic rings. The van der Waals surface area contributed by atoms with Crippen LogP contribution in [0.15, 0.2) is 158 Å². The molecule has 0 bridgehead atoms. The maximum atomic E-state index is 6.71. The van der Waals surface area contributed by atoms with E-state index in [-0.39, 0.29) is 5.41 Å². The molecular weight excluding hydrogens is 617 g/mol. The largest absolute Gasteiger partial charge is 0.453 e. The lowest BCUT2D eigenvalue weighted by Gasteiger charge is -2.34. The summed E-state index contributed by atoms with van der Waals surface area (Å²) in [7, 11) is 0. The zero-order valence-corrected chi connectivity index (χ0v) is 28.0. The molecule has 2 aliphatic rings. The highest BCUT2D eigenvalue weighted by Crippen LogP contribution is 2.54. The SMILES string of the molecule is CC1(C)c2ccccc2-c2cc(N(c3ccccc3)c3ccc4c(c3)Oc3ccccc3N4c3ccc4c(c3)sc3ccccc34)ccc21. The van der Waals surface area contributed by atoms with Gasteiger partial charge in [0.2, 0.25) is 0 Å². The van der Waals surface area contributed by atoms with E-state index in [4.69, 9.17) is 4.74 Å². The summed E-state index contributed by atoms with van der Waals surface area (Å²) in [5.41, 5.74) is 11.7. The maximum Gasteiger partial charge on any atom is 0.153 e. The first-order chi connectivity index (χ1) is 24.0. The third-order valence-electron chi connectivity index (χ3n) is 10.2. The van der Waals surface area contributed by atoms with E-state index < -0.39 is 0 Å². The lowest BCUT2D eigenvalue weighted by molar-refractivity contribution is 0.477. The van der Waals surface area contributed by atoms with E-state index in [1.165, 1.54) is 42.4 Å². The van der Waals surface area contributed by atoms with Crippen LogP contribution in [-0.4, -0.2) is 0 Å². The average Bonchev–Trinajstić information content (AvgIpc) is 3.62. The van der Waals surface area contributed by atoms with E-state index in [0.717, 1.165) is 45.6 Å². The van der Waals surface area contributed by atoms with Gasteiger partial charge in [-0.25, -0.2) is 0 Å². The van der Waals surface area contributed by atoms with Crippen molar-refractivity contribution in [2.75, 3.05) is 9.80 Å². The first-order valence-electron chi connectivity index (χ1n) is 16.8. The second-order valence-electron chi connectivity index (χ2n) is 13.4. The molecule has 234 valence electrons. The van der Waals surface area contributed by atoms with Crippen molar-refractivity contribution in [3.05, 3.63) is 169 Å². The molecule has 4 heteroatoms. The van der Waals surface area contributed by atoms with Crippen molar-refractivity contribution in [1.29, 1.82) is 0 Å². The zero-order valence-electron chi connectivity index (χ0n) is 27.2. The Labute approximate surface area is 289 Å². The first kappa shape index (κ1) is 28.2. The fourth-order valence-electron chi connectivity index (χ4n) is 7.89. The van der Waals surface area contributed by atoms with Gasteiger partial charge in [0.1, 0.15) is 0 Å². The molecule has 49 heavy (non-hydrogen) atoms. The molecule has 0 radical (unpaired) electrons. The number of rotatable bonds is 4. The molecule has 0 saturated heterocycles. The van der Waals surface area contributed by atoms with Gasteiger partial charge in [-0.2, -0.15) is 0 Å². The minimum atomic E-state index is -0.0443. The number of hydrogen-bond donors (Lipinski definition) is 0. The molecule has 2 heterocycles. The number of anilines is 6. The van der Waals surface area contributed by atoms with E-state index in [1.807, 2.05) is 17.4 Å². The van der Waals surface area contributed by atoms with Gasteiger partial charge >= 0.3 is 0 Å². The average molecular weight is 649 g/mol. The van der Waals surface area contributed by atoms with Gasteiger partial charge in [0, 0.05) is 54.4 Å². The highest BCUT2D eigenvalue weighted by Gasteiger charge is 2.36. The molecule has 0 atom stereocenters. The molecule has 1 aromatic heterocycles. The highest BCUT2D eigenvalue weighted by molar-refractivity contribution is 7.25. The van der Waals surface area contributed by atoms with Gasteiger partial charge in [-0.15, -0.1) is 11.3 Å². The van der Waals surface area contributed by atoms with Gasteiger partial charge in [-0.05, 0) is 89.0 Å². The zero-order chi connectivity index (χ0) is 32.7. The number of ether oxygens (including phenoxy) is 1. The quantitative estimate of drug-likeness (QED) is 0.189. The molecule has 7 aromatic carbocycles. The summed E-state index contributed by atoms with van der Waals surface area (Å²) in [6, 6.07) is 56.8. The summed E-state index contributed by atoms with van der Waals surface area (Å²) < 4.78 is 9.29. The van der Waals surface area contributed by atoms with Crippen molar-refractivity contribution >= 4 is 65.6 Å². The minimum absolute atomic E-state index is 0.0443. The predicted molar refractivity (Wildman–Crippen MR) is 206 cm³/mol. The molecule has 10 rings (SSSR count). The minimum Gasteiger partial charge on any atom is -0.453 e. The molecule has 0 N–H and O–H groups in total. The fraction of sp³-hybridized carbons (Fsp3) is 0.0667. The summed E-state index contributed by atoms with van der Waals surface area (Å²) in [4.78, 5) is 4.68. The van der Waals surface area contributed by atoms with Crippen molar-refractivity contribution in [1.82, 2.24) is 0 Å². The van der Waals surface area contributed by atoms with Crippen molar-refractivity contribution in [2.24, 2.45) is 0 Å². The molecule has 3 nitrogen and oxygen atoms in total. The smallest absolute Gasteiger partial charge is 0.153 e. The third kappa shape index (κ3) is 4.27. The van der Waals surface area contributed by atoms with Gasteiger partial charge in [-0.3, -0.25) is 0 Å². The van der Waals surface area contributed by atoms with Crippen LogP contribution in [0.1, 0.15) is 25.0 Å². The van der Waals surface area contributed by atoms with Crippen LogP contribution in [0.3, 0.4) is 0 Å². The Morgan fingerprint density at radius 1 is 0.510 bits per heavy atom. The molecular formula is C45H32N2OS. The van der Waals surface area contributed by atoms with E-state index >= 15 is 0 Å². The van der Waals surface area contributed by atoms with Crippen LogP contribution in [0.4, 0.5) is 34.1 Å². The van der Waals surface area contributed by atoms with Crippen molar-refractivity contribution < 1.29 is 4.74 Å². The molecule has 0 amide bonds. The van der Waals surface area contributed by atoms with Crippen molar-refractivity contribution in [3.8, 4) is 22.6 Å². The monoisotopic (exact) mass is 648 g/mol. The van der Waals surface area contributed by atoms with Crippen LogP contribution in [0.5, 0.6) is 11.5 Å². The number of hydrogen-bond acceptors (Lipinski definition) is 4. The topological polar surface area (TPSA) is 15.7 Å². The summed E-state index contributed by atoms with van der Waals surface area (Å²) >= 11 is 1.84. The van der Waals surface area contributed by atoms with Crippen molar-refractivity contribution in [2.45, 2.75) is 19.3 Å². The van der Waals surface area contributed by atoms with Crippen LogP contribution in [0, 0.1) is 0 Å². The van der Waals surface area contributed by atoms with Crippen LogP contribution < -0.4 is 14.5 Å². The molecule has 0 unspecified atom stereocenters. The fourth-order valence-corrected chi connectivity index (χ4v) is 9.03. The number of thiophene rings is 1. The van der Waals surface area contributed by atoms with E-state index in [2.05, 4.69) is 175 Å². The van der Waals surface area contributed by atoms with E-state index in [1.54, 1.807) is 0 Å². The maximum absolute atomic E-state index is 6.71. The van der Waals surface area contributed by atoms with Gasteiger partial charge < -0.3 is 14.5 Å². The summed E-state index contributed by atoms with van der Waals surface area (Å²) in [6.45, 7) is 4.66. The normalized spacial score (nSPS) is 13.8. The first-order valence-corrected chi connectivity index (χ1v) is 17.6. The second-order valence-corrected chi connectivity index (χ2v) is 14.5. The van der Waals surface area contributed by atoms with Crippen LogP contribution in [0.25, 0.3) is 31.3 Å². The molecule has 0 spiro atoms. The van der Waals surface area contributed by atoms with Gasteiger partial charge in [-0.1, -0.05) is 98.8 Å². The Balaban J connectivity index is 1.12. The van der Waals surface area contributed by atoms with E-state index in [0.29, 0.717) is 0 Å². The summed E-state index contributed by atoms with van der Waals surface area (Å²) in [5.74, 6) is 1.66. The second kappa shape index (κ2) is 10.6.